The molecule has 1 aromatic carbocycles. The number of imidazole rings is 1. The fourth-order valence-corrected chi connectivity index (χ4v) is 2.68. The van der Waals surface area contributed by atoms with Crippen molar-refractivity contribution in [3.63, 3.8) is 0 Å². The van der Waals surface area contributed by atoms with E-state index < -0.39 is 0 Å². The van der Waals surface area contributed by atoms with Crippen LogP contribution in [0.4, 0.5) is 0 Å². The van der Waals surface area contributed by atoms with Crippen LogP contribution in [-0.2, 0) is 45.6 Å². The van der Waals surface area contributed by atoms with Gasteiger partial charge in [-0.15, -0.1) is 0 Å². The summed E-state index contributed by atoms with van der Waals surface area (Å²) in [5, 5.41) is 0. The Hall–Kier alpha value is -1.20. The summed E-state index contributed by atoms with van der Waals surface area (Å²) < 4.78 is 7.28. The molecule has 0 spiro atoms. The predicted octanol–water partition coefficient (Wildman–Crippen LogP) is 3.21. The number of hydrogen-bond donors (Lipinski definition) is 1. The van der Waals surface area contributed by atoms with Crippen LogP contribution in [0.25, 0.3) is 17.0 Å². The number of fused-ring (bicyclic) bond motifs is 2. The van der Waals surface area contributed by atoms with Crippen LogP contribution < -0.4 is 5.69 Å². The summed E-state index contributed by atoms with van der Waals surface area (Å²) in [5.74, 6) is 0.929. The van der Waals surface area contributed by atoms with E-state index in [1.807, 2.05) is 38.1 Å². The number of oxazole rings is 1. The number of hydrogen-bond acceptors (Lipinski definition) is 3. The first-order valence-electron chi connectivity index (χ1n) is 7.51. The fourth-order valence-electron chi connectivity index (χ4n) is 2.68. The first-order chi connectivity index (χ1) is 10.3. The third-order valence-corrected chi connectivity index (χ3v) is 3.62. The maximum atomic E-state index is 12.1. The number of para-hydroxylation sites is 2. The van der Waals surface area contributed by atoms with E-state index in [-0.39, 0.29) is 38.4 Å². The molecule has 1 aliphatic rings. The monoisotopic (exact) mass is 374 g/mol. The van der Waals surface area contributed by atoms with Crippen LogP contribution in [0.2, 0.25) is 0 Å². The van der Waals surface area contributed by atoms with Crippen molar-refractivity contribution in [2.75, 3.05) is 0 Å². The van der Waals surface area contributed by atoms with Gasteiger partial charge >= 0.3 is 11.7 Å². The van der Waals surface area contributed by atoms with Gasteiger partial charge in [0.1, 0.15) is 5.76 Å². The van der Waals surface area contributed by atoms with Crippen LogP contribution in [0.5, 0.6) is 0 Å². The fraction of sp³-hybridized carbons (Fsp3) is 0.375. The van der Waals surface area contributed by atoms with Crippen molar-refractivity contribution in [2.45, 2.75) is 39.5 Å². The van der Waals surface area contributed by atoms with Crippen LogP contribution >= 0.6 is 0 Å². The number of aromatic amines is 1. The molecule has 113 valence electrons. The normalized spacial score (nSPS) is 13.0. The van der Waals surface area contributed by atoms with Gasteiger partial charge in [-0.1, -0.05) is 26.0 Å². The minimum Gasteiger partial charge on any atom is -0.428 e. The Bertz CT molecular complexity index is 793. The van der Waals surface area contributed by atoms with Gasteiger partial charge in [0, 0.05) is 39.1 Å². The Labute approximate surface area is 154 Å². The summed E-state index contributed by atoms with van der Waals surface area (Å²) in [7, 11) is 0. The van der Waals surface area contributed by atoms with E-state index in [1.165, 1.54) is 4.57 Å². The molecule has 2 aromatic heterocycles. The van der Waals surface area contributed by atoms with Crippen molar-refractivity contribution in [1.82, 2.24) is 14.5 Å². The Kier molecular flexibility index (Phi) is 5.76. The molecule has 0 saturated carbocycles. The number of H-pyrrole nitrogens is 1. The van der Waals surface area contributed by atoms with Crippen molar-refractivity contribution in [1.29, 1.82) is 0 Å². The quantitative estimate of drug-likeness (QED) is 0.712. The van der Waals surface area contributed by atoms with E-state index >= 15 is 0 Å². The van der Waals surface area contributed by atoms with Gasteiger partial charge in [0.25, 0.3) is 0 Å². The van der Waals surface area contributed by atoms with Gasteiger partial charge in [-0.3, -0.25) is 0 Å². The van der Waals surface area contributed by atoms with Gasteiger partial charge in [-0.2, -0.15) is 4.98 Å². The van der Waals surface area contributed by atoms with Gasteiger partial charge in [-0.05, 0) is 31.4 Å². The molecule has 0 atom stereocenters. The second kappa shape index (κ2) is 7.38. The summed E-state index contributed by atoms with van der Waals surface area (Å²) in [4.78, 5) is 19.4. The SMILES string of the molecule is CC.O=c1[nH]c2ccccc2n1-c1nc2c(o1)CCCC2.[Y]. The van der Waals surface area contributed by atoms with Gasteiger partial charge < -0.3 is 9.40 Å². The molecular formula is C16H19N3O2Y. The van der Waals surface area contributed by atoms with Crippen molar-refractivity contribution in [3.8, 4) is 6.01 Å². The molecule has 5 nitrogen and oxygen atoms in total. The minimum absolute atomic E-state index is 0. The summed E-state index contributed by atoms with van der Waals surface area (Å²) in [6.07, 6.45) is 4.13. The first-order valence-corrected chi connectivity index (χ1v) is 7.51. The van der Waals surface area contributed by atoms with Crippen LogP contribution in [0.3, 0.4) is 0 Å². The second-order valence-electron chi connectivity index (χ2n) is 4.86. The third kappa shape index (κ3) is 2.97. The van der Waals surface area contributed by atoms with Crippen LogP contribution in [0.15, 0.2) is 33.5 Å². The molecule has 6 heteroatoms. The summed E-state index contributed by atoms with van der Waals surface area (Å²) >= 11 is 0. The first kappa shape index (κ1) is 17.2. The molecule has 0 unspecified atom stereocenters. The average Bonchev–Trinajstić information content (AvgIpc) is 3.08. The molecule has 2 heterocycles. The van der Waals surface area contributed by atoms with E-state index in [0.717, 1.165) is 48.2 Å². The van der Waals surface area contributed by atoms with Crippen LogP contribution in [0, 0.1) is 0 Å². The molecular weight excluding hydrogens is 355 g/mol. The molecule has 0 amide bonds. The van der Waals surface area contributed by atoms with Crippen molar-refractivity contribution < 1.29 is 37.1 Å². The summed E-state index contributed by atoms with van der Waals surface area (Å²) in [5.41, 5.74) is 2.38. The molecule has 1 aliphatic carbocycles. The summed E-state index contributed by atoms with van der Waals surface area (Å²) in [6, 6.07) is 7.93. The van der Waals surface area contributed by atoms with E-state index in [1.54, 1.807) is 0 Å². The van der Waals surface area contributed by atoms with E-state index in [2.05, 4.69) is 9.97 Å². The summed E-state index contributed by atoms with van der Waals surface area (Å²) in [6.45, 7) is 4.00. The maximum absolute atomic E-state index is 12.1. The third-order valence-electron chi connectivity index (χ3n) is 3.62. The Balaban J connectivity index is 0.000000566. The molecule has 4 rings (SSSR count). The molecule has 0 saturated heterocycles. The largest absolute Gasteiger partial charge is 0.428 e. The van der Waals surface area contributed by atoms with Crippen molar-refractivity contribution in [3.05, 3.63) is 46.2 Å². The van der Waals surface area contributed by atoms with Gasteiger partial charge in [0.15, 0.2) is 0 Å². The average molecular weight is 374 g/mol. The van der Waals surface area contributed by atoms with Gasteiger partial charge in [0.05, 0.1) is 16.7 Å². The van der Waals surface area contributed by atoms with E-state index in [0.29, 0.717) is 6.01 Å². The Morgan fingerprint density at radius 1 is 1.18 bits per heavy atom. The molecule has 1 radical (unpaired) electrons. The molecule has 22 heavy (non-hydrogen) atoms. The number of nitrogens with one attached hydrogen (secondary N) is 1. The molecule has 0 bridgehead atoms. The number of aryl methyl sites for hydroxylation is 2. The standard InChI is InChI=1S/C14H13N3O2.C2H6.Y/c18-13-15-9-5-1-3-7-11(9)17(13)14-16-10-6-2-4-8-12(10)19-14;1-2;/h1,3,5,7H,2,4,6,8H2,(H,15,18);1-2H3;. The number of nitrogens with zero attached hydrogens (tertiary/aromatic N) is 2. The smallest absolute Gasteiger partial charge is 0.334 e. The zero-order valence-corrected chi connectivity index (χ0v) is 15.8. The van der Waals surface area contributed by atoms with Gasteiger partial charge in [0.2, 0.25) is 0 Å². The Morgan fingerprint density at radius 3 is 2.68 bits per heavy atom. The van der Waals surface area contributed by atoms with Crippen LogP contribution in [0.1, 0.15) is 38.1 Å². The van der Waals surface area contributed by atoms with Gasteiger partial charge in [-0.25, -0.2) is 9.36 Å². The second-order valence-corrected chi connectivity index (χ2v) is 4.86. The van der Waals surface area contributed by atoms with Crippen molar-refractivity contribution >= 4 is 11.0 Å². The van der Waals surface area contributed by atoms with Crippen LogP contribution in [-0.4, -0.2) is 14.5 Å². The van der Waals surface area contributed by atoms with E-state index in [9.17, 15) is 4.79 Å². The topological polar surface area (TPSA) is 63.8 Å². The molecule has 1 N–H and O–H groups in total. The molecule has 0 aliphatic heterocycles. The number of aromatic nitrogens is 3. The number of benzene rings is 1. The molecule has 0 fully saturated rings. The Morgan fingerprint density at radius 2 is 1.91 bits per heavy atom. The number of rotatable bonds is 1. The molecule has 3 aromatic rings. The zero-order chi connectivity index (χ0) is 14.8. The van der Waals surface area contributed by atoms with Crippen molar-refractivity contribution in [2.24, 2.45) is 0 Å². The van der Waals surface area contributed by atoms with E-state index in [4.69, 9.17) is 4.42 Å². The maximum Gasteiger partial charge on any atom is 0.334 e. The zero-order valence-electron chi connectivity index (χ0n) is 12.9. The minimum atomic E-state index is -0.209. The predicted molar refractivity (Wildman–Crippen MR) is 81.9 cm³/mol.